The van der Waals surface area contributed by atoms with Crippen LogP contribution in [0.1, 0.15) is 77.3 Å². The van der Waals surface area contributed by atoms with E-state index in [2.05, 4.69) is 0 Å². The van der Waals surface area contributed by atoms with Crippen molar-refractivity contribution in [3.8, 4) is 0 Å². The third-order valence-electron chi connectivity index (χ3n) is 10.1. The van der Waals surface area contributed by atoms with Gasteiger partial charge < -0.3 is 28.4 Å². The zero-order chi connectivity index (χ0) is 39.8. The zero-order valence-electron chi connectivity index (χ0n) is 30.8. The van der Waals surface area contributed by atoms with E-state index in [1.165, 1.54) is 36.4 Å². The SMILES string of the molecule is CC[C@@H]1C[C@@](C)(C[C@@H](CC)[C@@H](CC(=O)OC)OC(=O)[C@](OC)(c2ccccc2)C(F)(F)F)O[C@H]1[C@H](CC)OC(=O)[C@](OC)(c1ccccc1)C(F)(F)F. The summed E-state index contributed by atoms with van der Waals surface area (Å²) in [4.78, 5) is 39.7. The van der Waals surface area contributed by atoms with Crippen LogP contribution in [-0.2, 0) is 54.0 Å². The molecule has 0 amide bonds. The average molecular weight is 763 g/mol. The Hall–Kier alpha value is -3.69. The van der Waals surface area contributed by atoms with E-state index in [1.807, 2.05) is 6.92 Å². The highest BCUT2D eigenvalue weighted by atomic mass is 19.4. The molecule has 0 radical (unpaired) electrons. The Morgan fingerprint density at radius 3 is 1.62 bits per heavy atom. The van der Waals surface area contributed by atoms with E-state index in [1.54, 1.807) is 20.8 Å². The summed E-state index contributed by atoms with van der Waals surface area (Å²) in [5.74, 6) is -5.40. The second-order valence-corrected chi connectivity index (χ2v) is 13.4. The Labute approximate surface area is 305 Å². The van der Waals surface area contributed by atoms with Gasteiger partial charge in [-0.3, -0.25) is 4.79 Å². The topological polar surface area (TPSA) is 107 Å². The van der Waals surface area contributed by atoms with Crippen molar-refractivity contribution in [2.75, 3.05) is 21.3 Å². The first-order valence-electron chi connectivity index (χ1n) is 17.4. The molecule has 3 rings (SSSR count). The normalized spacial score (nSPS) is 23.2. The number of methoxy groups -OCH3 is 3. The maximum Gasteiger partial charge on any atom is 0.432 e. The number of halogens is 6. The molecular weight excluding hydrogens is 714 g/mol. The van der Waals surface area contributed by atoms with Gasteiger partial charge in [0.15, 0.2) is 0 Å². The molecular formula is C38H48F6O9. The number of rotatable bonds is 17. The minimum absolute atomic E-state index is 0.0434. The van der Waals surface area contributed by atoms with Crippen LogP contribution in [0.15, 0.2) is 60.7 Å². The predicted molar refractivity (Wildman–Crippen MR) is 179 cm³/mol. The van der Waals surface area contributed by atoms with Gasteiger partial charge in [0.1, 0.15) is 12.2 Å². The summed E-state index contributed by atoms with van der Waals surface area (Å²) in [7, 11) is 2.59. The van der Waals surface area contributed by atoms with E-state index in [9.17, 15) is 40.7 Å². The lowest BCUT2D eigenvalue weighted by Crippen LogP contribution is -2.53. The quantitative estimate of drug-likeness (QED) is 0.0901. The van der Waals surface area contributed by atoms with Crippen LogP contribution in [0.4, 0.5) is 26.3 Å². The van der Waals surface area contributed by atoms with Crippen molar-refractivity contribution in [1.29, 1.82) is 0 Å². The first kappa shape index (κ1) is 43.7. The highest BCUT2D eigenvalue weighted by Gasteiger charge is 2.66. The van der Waals surface area contributed by atoms with Gasteiger partial charge in [-0.1, -0.05) is 87.9 Å². The Balaban J connectivity index is 1.95. The zero-order valence-corrected chi connectivity index (χ0v) is 30.8. The van der Waals surface area contributed by atoms with E-state index in [0.717, 1.165) is 45.6 Å². The highest BCUT2D eigenvalue weighted by molar-refractivity contribution is 5.84. The Bertz CT molecular complexity index is 1500. The minimum atomic E-state index is -5.26. The van der Waals surface area contributed by atoms with Crippen LogP contribution in [0.25, 0.3) is 0 Å². The van der Waals surface area contributed by atoms with Crippen molar-refractivity contribution in [1.82, 2.24) is 0 Å². The first-order valence-corrected chi connectivity index (χ1v) is 17.4. The van der Waals surface area contributed by atoms with E-state index in [0.29, 0.717) is 12.8 Å². The summed E-state index contributed by atoms with van der Waals surface area (Å²) in [6, 6.07) is 12.6. The molecule has 1 fully saturated rings. The van der Waals surface area contributed by atoms with Gasteiger partial charge in [0.05, 0.1) is 25.2 Å². The fraction of sp³-hybridized carbons (Fsp3) is 0.605. The molecule has 1 heterocycles. The molecule has 0 spiro atoms. The molecule has 1 aliphatic rings. The van der Waals surface area contributed by atoms with Crippen molar-refractivity contribution in [3.63, 3.8) is 0 Å². The lowest BCUT2D eigenvalue weighted by Gasteiger charge is -2.37. The standard InChI is InChI=1S/C38H48F6O9/c1-8-24(29(21-30(45)48-5)52-33(47)36(50-7,38(42,43)44)27-19-15-12-16-20-27)22-34(4)23-25(9-2)31(53-34)28(10-3)51-32(46)35(49-6,37(39,40)41)26-17-13-11-14-18-26/h11-20,24-25,28-29,31H,8-10,21-23H2,1-7H3/t24-,25-,28+,29-,31-,34-,35-,36-/m1/s1. The summed E-state index contributed by atoms with van der Waals surface area (Å²) < 4.78 is 120. The summed E-state index contributed by atoms with van der Waals surface area (Å²) >= 11 is 0. The van der Waals surface area contributed by atoms with Crippen molar-refractivity contribution < 1.29 is 69.1 Å². The number of benzene rings is 2. The van der Waals surface area contributed by atoms with E-state index in [4.69, 9.17) is 28.4 Å². The molecule has 2 aromatic rings. The Kier molecular flexibility index (Phi) is 14.5. The fourth-order valence-electron chi connectivity index (χ4n) is 7.27. The molecule has 0 bridgehead atoms. The van der Waals surface area contributed by atoms with Gasteiger partial charge >= 0.3 is 30.3 Å². The fourth-order valence-corrected chi connectivity index (χ4v) is 7.27. The summed E-state index contributed by atoms with van der Waals surface area (Å²) in [5, 5.41) is 0. The van der Waals surface area contributed by atoms with E-state index in [-0.39, 0.29) is 25.2 Å². The Morgan fingerprint density at radius 1 is 0.774 bits per heavy atom. The van der Waals surface area contributed by atoms with Crippen LogP contribution < -0.4 is 0 Å². The van der Waals surface area contributed by atoms with Crippen LogP contribution in [-0.4, -0.2) is 75.5 Å². The lowest BCUT2D eigenvalue weighted by atomic mass is 9.80. The van der Waals surface area contributed by atoms with Crippen molar-refractivity contribution in [2.45, 2.75) is 114 Å². The number of ether oxygens (including phenoxy) is 6. The molecule has 15 heteroatoms. The number of carbonyl (C=O) groups is 3. The second-order valence-electron chi connectivity index (χ2n) is 13.4. The van der Waals surface area contributed by atoms with Gasteiger partial charge in [0.2, 0.25) is 0 Å². The third kappa shape index (κ3) is 9.00. The number of esters is 3. The van der Waals surface area contributed by atoms with Crippen LogP contribution in [0.3, 0.4) is 0 Å². The largest absolute Gasteiger partial charge is 0.469 e. The maximum absolute atomic E-state index is 14.7. The summed E-state index contributed by atoms with van der Waals surface area (Å²) in [5.41, 5.74) is -9.03. The molecule has 0 unspecified atom stereocenters. The molecule has 1 aliphatic heterocycles. The third-order valence-corrected chi connectivity index (χ3v) is 10.1. The molecule has 0 saturated carbocycles. The minimum Gasteiger partial charge on any atom is -0.469 e. The molecule has 2 aromatic carbocycles. The number of hydrogen-bond acceptors (Lipinski definition) is 9. The monoisotopic (exact) mass is 762 g/mol. The van der Waals surface area contributed by atoms with Crippen LogP contribution in [0, 0.1) is 11.8 Å². The van der Waals surface area contributed by atoms with Crippen molar-refractivity contribution in [3.05, 3.63) is 71.8 Å². The van der Waals surface area contributed by atoms with Crippen molar-refractivity contribution >= 4 is 17.9 Å². The van der Waals surface area contributed by atoms with Crippen LogP contribution >= 0.6 is 0 Å². The molecule has 1 saturated heterocycles. The van der Waals surface area contributed by atoms with Gasteiger partial charge in [0, 0.05) is 25.3 Å². The van der Waals surface area contributed by atoms with Gasteiger partial charge in [-0.2, -0.15) is 26.3 Å². The van der Waals surface area contributed by atoms with Gasteiger partial charge in [0.25, 0.3) is 11.2 Å². The average Bonchev–Trinajstić information content (AvgIpc) is 3.46. The van der Waals surface area contributed by atoms with E-state index < -0.39 is 88.8 Å². The molecule has 296 valence electrons. The predicted octanol–water partition coefficient (Wildman–Crippen LogP) is 7.98. The summed E-state index contributed by atoms with van der Waals surface area (Å²) in [6.07, 6.45) is -13.4. The number of hydrogen-bond donors (Lipinski definition) is 0. The first-order chi connectivity index (χ1) is 24.8. The van der Waals surface area contributed by atoms with Gasteiger partial charge in [-0.25, -0.2) is 9.59 Å². The highest BCUT2D eigenvalue weighted by Crippen LogP contribution is 2.48. The van der Waals surface area contributed by atoms with Crippen LogP contribution in [0.2, 0.25) is 0 Å². The molecule has 8 atom stereocenters. The summed E-state index contributed by atoms with van der Waals surface area (Å²) in [6.45, 7) is 6.87. The molecule has 53 heavy (non-hydrogen) atoms. The molecule has 0 aliphatic carbocycles. The van der Waals surface area contributed by atoms with E-state index >= 15 is 0 Å². The molecule has 9 nitrogen and oxygen atoms in total. The smallest absolute Gasteiger partial charge is 0.432 e. The van der Waals surface area contributed by atoms with Gasteiger partial charge in [-0.15, -0.1) is 0 Å². The maximum atomic E-state index is 14.7. The molecule has 0 N–H and O–H groups in total. The Morgan fingerprint density at radius 2 is 1.25 bits per heavy atom. The second kappa shape index (κ2) is 17.6. The molecule has 0 aromatic heterocycles. The van der Waals surface area contributed by atoms with Gasteiger partial charge in [-0.05, 0) is 44.4 Å². The lowest BCUT2D eigenvalue weighted by molar-refractivity contribution is -0.280. The van der Waals surface area contributed by atoms with Crippen molar-refractivity contribution in [2.24, 2.45) is 11.8 Å². The van der Waals surface area contributed by atoms with Crippen LogP contribution in [0.5, 0.6) is 0 Å². The number of carbonyl (C=O) groups excluding carboxylic acids is 3. The number of alkyl halides is 6.